The van der Waals surface area contributed by atoms with Gasteiger partial charge in [0.05, 0.1) is 23.0 Å². The quantitative estimate of drug-likeness (QED) is 0.756. The third kappa shape index (κ3) is 2.09. The van der Waals surface area contributed by atoms with Crippen molar-refractivity contribution in [1.82, 2.24) is 9.97 Å². The predicted molar refractivity (Wildman–Crippen MR) is 78.8 cm³/mol. The van der Waals surface area contributed by atoms with E-state index < -0.39 is 0 Å². The van der Waals surface area contributed by atoms with Crippen LogP contribution in [-0.4, -0.2) is 15.9 Å². The maximum Gasteiger partial charge on any atom is 0.258 e. The van der Waals surface area contributed by atoms with Gasteiger partial charge in [-0.05, 0) is 0 Å². The minimum atomic E-state index is -0.328. The second kappa shape index (κ2) is 4.88. The number of anilines is 2. The van der Waals surface area contributed by atoms with Crippen LogP contribution in [0.25, 0.3) is 10.3 Å². The van der Waals surface area contributed by atoms with Gasteiger partial charge in [-0.3, -0.25) is 4.79 Å². The summed E-state index contributed by atoms with van der Waals surface area (Å²) in [5.74, 6) is -0.0655. The molecule has 3 rings (SSSR count). The monoisotopic (exact) mass is 301 g/mol. The lowest BCUT2D eigenvalue weighted by molar-refractivity contribution is 0.102. The number of thiophene rings is 2. The molecule has 1 amide bonds. The lowest BCUT2D eigenvalue weighted by Gasteiger charge is -2.02. The van der Waals surface area contributed by atoms with E-state index in [9.17, 15) is 4.79 Å². The molecule has 3 N–H and O–H groups in total. The first kappa shape index (κ1) is 12.5. The first-order valence-electron chi connectivity index (χ1n) is 5.46. The summed E-state index contributed by atoms with van der Waals surface area (Å²) in [6.45, 7) is 0. The number of hydrogen-bond acceptors (Lipinski definition) is 7. The SMILES string of the molecule is N#Cc1cscc1NC(=O)c1csc2ncc(N)nc12. The number of fused-ring (bicyclic) bond motifs is 1. The van der Waals surface area contributed by atoms with Crippen LogP contribution in [0.3, 0.4) is 0 Å². The van der Waals surface area contributed by atoms with Crippen molar-refractivity contribution in [2.24, 2.45) is 0 Å². The van der Waals surface area contributed by atoms with Crippen LogP contribution >= 0.6 is 22.7 Å². The maximum absolute atomic E-state index is 12.2. The lowest BCUT2D eigenvalue weighted by atomic mass is 10.2. The Morgan fingerprint density at radius 3 is 3.05 bits per heavy atom. The minimum Gasteiger partial charge on any atom is -0.382 e. The second-order valence-electron chi connectivity index (χ2n) is 3.86. The molecule has 0 aromatic carbocycles. The van der Waals surface area contributed by atoms with Crippen LogP contribution in [0, 0.1) is 11.3 Å². The van der Waals surface area contributed by atoms with Crippen LogP contribution in [0.4, 0.5) is 11.5 Å². The Balaban J connectivity index is 1.97. The molecule has 6 nitrogen and oxygen atoms in total. The van der Waals surface area contributed by atoms with E-state index in [0.29, 0.717) is 27.2 Å². The summed E-state index contributed by atoms with van der Waals surface area (Å²) >= 11 is 2.67. The average molecular weight is 301 g/mol. The van der Waals surface area contributed by atoms with Gasteiger partial charge in [0.1, 0.15) is 22.2 Å². The highest BCUT2D eigenvalue weighted by Crippen LogP contribution is 2.25. The molecule has 0 aliphatic heterocycles. The molecule has 0 radical (unpaired) electrons. The van der Waals surface area contributed by atoms with E-state index in [4.69, 9.17) is 11.0 Å². The molecule has 0 aliphatic rings. The lowest BCUT2D eigenvalue weighted by Crippen LogP contribution is -2.12. The Hall–Kier alpha value is -2.50. The van der Waals surface area contributed by atoms with Gasteiger partial charge in [0, 0.05) is 16.1 Å². The van der Waals surface area contributed by atoms with Gasteiger partial charge in [-0.2, -0.15) is 5.26 Å². The molecule has 0 saturated carbocycles. The zero-order valence-electron chi connectivity index (χ0n) is 9.95. The topological polar surface area (TPSA) is 105 Å². The van der Waals surface area contributed by atoms with Crippen LogP contribution in [-0.2, 0) is 0 Å². The molecule has 0 unspecified atom stereocenters. The van der Waals surface area contributed by atoms with Gasteiger partial charge in [-0.15, -0.1) is 22.7 Å². The van der Waals surface area contributed by atoms with E-state index in [-0.39, 0.29) is 11.7 Å². The molecule has 0 aliphatic carbocycles. The molecule has 3 aromatic heterocycles. The number of nitriles is 1. The highest BCUT2D eigenvalue weighted by atomic mass is 32.1. The van der Waals surface area contributed by atoms with Crippen LogP contribution in [0.2, 0.25) is 0 Å². The molecule has 98 valence electrons. The molecular formula is C12H7N5OS2. The van der Waals surface area contributed by atoms with Crippen molar-refractivity contribution in [2.75, 3.05) is 11.1 Å². The highest BCUT2D eigenvalue weighted by Gasteiger charge is 2.16. The summed E-state index contributed by atoms with van der Waals surface area (Å²) in [7, 11) is 0. The molecule has 8 heteroatoms. The number of nitrogen functional groups attached to an aromatic ring is 1. The van der Waals surface area contributed by atoms with E-state index in [1.807, 2.05) is 6.07 Å². The van der Waals surface area contributed by atoms with Crippen molar-refractivity contribution in [3.63, 3.8) is 0 Å². The van der Waals surface area contributed by atoms with Crippen molar-refractivity contribution >= 4 is 50.4 Å². The van der Waals surface area contributed by atoms with E-state index in [1.54, 1.807) is 16.1 Å². The number of hydrogen-bond donors (Lipinski definition) is 2. The van der Waals surface area contributed by atoms with Crippen LogP contribution in [0.1, 0.15) is 15.9 Å². The number of nitrogens with zero attached hydrogens (tertiary/aromatic N) is 3. The molecule has 0 bridgehead atoms. The molecule has 0 spiro atoms. The Morgan fingerprint density at radius 1 is 1.40 bits per heavy atom. The van der Waals surface area contributed by atoms with Gasteiger partial charge in [-0.1, -0.05) is 0 Å². The summed E-state index contributed by atoms with van der Waals surface area (Å²) in [5, 5.41) is 16.7. The van der Waals surface area contributed by atoms with Crippen molar-refractivity contribution in [2.45, 2.75) is 0 Å². The Morgan fingerprint density at radius 2 is 2.25 bits per heavy atom. The van der Waals surface area contributed by atoms with Crippen molar-refractivity contribution in [3.8, 4) is 6.07 Å². The third-order valence-electron chi connectivity index (χ3n) is 2.58. The number of rotatable bonds is 2. The van der Waals surface area contributed by atoms with Crippen LogP contribution in [0.5, 0.6) is 0 Å². The van der Waals surface area contributed by atoms with Crippen LogP contribution in [0.15, 0.2) is 22.3 Å². The molecule has 3 heterocycles. The first-order chi connectivity index (χ1) is 9.69. The predicted octanol–water partition coefficient (Wildman–Crippen LogP) is 2.46. The van der Waals surface area contributed by atoms with Crippen molar-refractivity contribution in [3.05, 3.63) is 33.5 Å². The number of aromatic nitrogens is 2. The Labute approximate surface area is 121 Å². The zero-order valence-corrected chi connectivity index (χ0v) is 11.6. The summed E-state index contributed by atoms with van der Waals surface area (Å²) in [6.07, 6.45) is 1.45. The molecule has 20 heavy (non-hydrogen) atoms. The highest BCUT2D eigenvalue weighted by molar-refractivity contribution is 7.17. The average Bonchev–Trinajstić information content (AvgIpc) is 3.04. The Bertz CT molecular complexity index is 845. The van der Waals surface area contributed by atoms with E-state index in [1.165, 1.54) is 28.9 Å². The summed E-state index contributed by atoms with van der Waals surface area (Å²) in [4.78, 5) is 21.1. The third-order valence-corrected chi connectivity index (χ3v) is 4.20. The first-order valence-corrected chi connectivity index (χ1v) is 7.28. The van der Waals surface area contributed by atoms with Crippen LogP contribution < -0.4 is 11.1 Å². The van der Waals surface area contributed by atoms with Gasteiger partial charge < -0.3 is 11.1 Å². The molecule has 0 atom stereocenters. The summed E-state index contributed by atoms with van der Waals surface area (Å²) < 4.78 is 0. The fourth-order valence-electron chi connectivity index (χ4n) is 1.66. The summed E-state index contributed by atoms with van der Waals surface area (Å²) in [5.41, 5.74) is 7.40. The van der Waals surface area contributed by atoms with Gasteiger partial charge in [-0.25, -0.2) is 9.97 Å². The van der Waals surface area contributed by atoms with Gasteiger partial charge in [0.15, 0.2) is 0 Å². The molecule has 3 aromatic rings. The molecular weight excluding hydrogens is 294 g/mol. The fourth-order valence-corrected chi connectivity index (χ4v) is 3.19. The largest absolute Gasteiger partial charge is 0.382 e. The van der Waals surface area contributed by atoms with E-state index >= 15 is 0 Å². The van der Waals surface area contributed by atoms with Crippen molar-refractivity contribution in [1.29, 1.82) is 5.26 Å². The van der Waals surface area contributed by atoms with Gasteiger partial charge in [0.25, 0.3) is 5.91 Å². The Kier molecular flexibility index (Phi) is 3.06. The number of carbonyl (C=O) groups excluding carboxylic acids is 1. The number of carbonyl (C=O) groups is 1. The number of nitrogens with one attached hydrogen (secondary N) is 1. The van der Waals surface area contributed by atoms with E-state index in [2.05, 4.69) is 15.3 Å². The standard InChI is InChI=1S/C12H7N5OS2/c13-1-6-3-19-5-8(6)16-11(18)7-4-20-12-10(7)17-9(14)2-15-12/h2-5H,(H2,14,17)(H,16,18). The summed E-state index contributed by atoms with van der Waals surface area (Å²) in [6, 6.07) is 2.02. The maximum atomic E-state index is 12.2. The number of nitrogens with two attached hydrogens (primary N) is 1. The molecule has 0 saturated heterocycles. The fraction of sp³-hybridized carbons (Fsp3) is 0. The zero-order chi connectivity index (χ0) is 14.1. The van der Waals surface area contributed by atoms with Crippen molar-refractivity contribution < 1.29 is 4.79 Å². The smallest absolute Gasteiger partial charge is 0.258 e. The van der Waals surface area contributed by atoms with E-state index in [0.717, 1.165) is 0 Å². The second-order valence-corrected chi connectivity index (χ2v) is 5.46. The van der Waals surface area contributed by atoms with Gasteiger partial charge in [0.2, 0.25) is 0 Å². The van der Waals surface area contributed by atoms with Gasteiger partial charge >= 0.3 is 0 Å². The normalized spacial score (nSPS) is 10.3. The minimum absolute atomic E-state index is 0.262. The molecule has 0 fully saturated rings. The number of amides is 1.